The van der Waals surface area contributed by atoms with Gasteiger partial charge >= 0.3 is 0 Å². The van der Waals surface area contributed by atoms with Gasteiger partial charge in [0.1, 0.15) is 0 Å². The molecule has 1 aliphatic heterocycles. The highest BCUT2D eigenvalue weighted by molar-refractivity contribution is 7.99. The van der Waals surface area contributed by atoms with Crippen molar-refractivity contribution in [3.8, 4) is 0 Å². The number of carbonyl (C=O) groups excluding carboxylic acids is 1. The average molecular weight is 395 g/mol. The number of halogens is 2. The molecule has 0 aromatic heterocycles. The third-order valence-corrected chi connectivity index (χ3v) is 5.68. The molecule has 0 saturated carbocycles. The van der Waals surface area contributed by atoms with Crippen molar-refractivity contribution in [2.75, 3.05) is 25.0 Å². The normalized spacial score (nSPS) is 14.6. The molecule has 1 amide bonds. The minimum Gasteiger partial charge on any atom is -0.325 e. The van der Waals surface area contributed by atoms with Gasteiger partial charge in [0, 0.05) is 32.8 Å². The van der Waals surface area contributed by atoms with Gasteiger partial charge in [-0.05, 0) is 68.4 Å². The van der Waals surface area contributed by atoms with Crippen molar-refractivity contribution in [3.63, 3.8) is 0 Å². The highest BCUT2D eigenvalue weighted by Crippen LogP contribution is 2.35. The first kappa shape index (κ1) is 18.6. The Morgan fingerprint density at radius 2 is 1.72 bits per heavy atom. The van der Waals surface area contributed by atoms with Crippen LogP contribution in [0.5, 0.6) is 0 Å². The first-order valence-electron chi connectivity index (χ1n) is 8.35. The van der Waals surface area contributed by atoms with Crippen molar-refractivity contribution in [2.45, 2.75) is 29.1 Å². The number of likely N-dealkylation sites (tertiary alicyclic amines) is 1. The van der Waals surface area contributed by atoms with Gasteiger partial charge in [-0.1, -0.05) is 35.0 Å². The van der Waals surface area contributed by atoms with E-state index in [1.54, 1.807) is 17.8 Å². The lowest BCUT2D eigenvalue weighted by Gasteiger charge is -2.15. The van der Waals surface area contributed by atoms with Crippen LogP contribution in [0, 0.1) is 0 Å². The smallest absolute Gasteiger partial charge is 0.225 e. The van der Waals surface area contributed by atoms with Gasteiger partial charge in [0.15, 0.2) is 0 Å². The molecule has 1 N–H and O–H groups in total. The Morgan fingerprint density at radius 1 is 1.04 bits per heavy atom. The van der Waals surface area contributed by atoms with E-state index in [-0.39, 0.29) is 5.91 Å². The highest BCUT2D eigenvalue weighted by Gasteiger charge is 2.14. The lowest BCUT2D eigenvalue weighted by molar-refractivity contribution is -0.116. The van der Waals surface area contributed by atoms with E-state index in [2.05, 4.69) is 10.2 Å². The van der Waals surface area contributed by atoms with Crippen LogP contribution >= 0.6 is 35.0 Å². The maximum Gasteiger partial charge on any atom is 0.225 e. The standard InChI is InChI=1S/C19H20Cl2N2OS/c20-14-3-6-16(7-4-14)25-18-8-5-15(21)13-17(18)22-19(24)9-12-23-10-1-2-11-23/h3-8,13H,1-2,9-12H2,(H,22,24). The molecule has 6 heteroatoms. The first-order valence-corrected chi connectivity index (χ1v) is 9.92. The fourth-order valence-corrected chi connectivity index (χ4v) is 3.98. The quantitative estimate of drug-likeness (QED) is 0.694. The number of hydrogen-bond donors (Lipinski definition) is 1. The Morgan fingerprint density at radius 3 is 2.44 bits per heavy atom. The summed E-state index contributed by atoms with van der Waals surface area (Å²) >= 11 is 13.6. The van der Waals surface area contributed by atoms with Crippen molar-refractivity contribution in [1.29, 1.82) is 0 Å². The molecule has 2 aromatic carbocycles. The van der Waals surface area contributed by atoms with E-state index in [1.165, 1.54) is 12.8 Å². The largest absolute Gasteiger partial charge is 0.325 e. The number of carbonyl (C=O) groups is 1. The molecule has 1 saturated heterocycles. The molecular weight excluding hydrogens is 375 g/mol. The zero-order valence-corrected chi connectivity index (χ0v) is 16.1. The number of nitrogens with one attached hydrogen (secondary N) is 1. The van der Waals surface area contributed by atoms with Gasteiger partial charge in [-0.25, -0.2) is 0 Å². The molecule has 3 nitrogen and oxygen atoms in total. The zero-order valence-electron chi connectivity index (χ0n) is 13.8. The summed E-state index contributed by atoms with van der Waals surface area (Å²) in [6.07, 6.45) is 2.97. The van der Waals surface area contributed by atoms with Crippen LogP contribution in [0.15, 0.2) is 52.3 Å². The molecule has 0 bridgehead atoms. The molecule has 2 aromatic rings. The topological polar surface area (TPSA) is 32.3 Å². The molecule has 0 atom stereocenters. The van der Waals surface area contributed by atoms with Crippen LogP contribution in [0.1, 0.15) is 19.3 Å². The summed E-state index contributed by atoms with van der Waals surface area (Å²) in [7, 11) is 0. The van der Waals surface area contributed by atoms with Crippen molar-refractivity contribution in [1.82, 2.24) is 4.90 Å². The van der Waals surface area contributed by atoms with Crippen LogP contribution in [0.4, 0.5) is 5.69 Å². The van der Waals surface area contributed by atoms with E-state index >= 15 is 0 Å². The Labute approximate surface area is 162 Å². The van der Waals surface area contributed by atoms with Crippen LogP contribution in [0.2, 0.25) is 10.0 Å². The third-order valence-electron chi connectivity index (χ3n) is 4.11. The minimum absolute atomic E-state index is 0.0205. The van der Waals surface area contributed by atoms with E-state index in [1.807, 2.05) is 36.4 Å². The van der Waals surface area contributed by atoms with Gasteiger partial charge in [0.2, 0.25) is 5.91 Å². The van der Waals surface area contributed by atoms with Crippen LogP contribution < -0.4 is 5.32 Å². The molecule has 25 heavy (non-hydrogen) atoms. The molecule has 0 spiro atoms. The number of hydrogen-bond acceptors (Lipinski definition) is 3. The van der Waals surface area contributed by atoms with Gasteiger partial charge in [0.05, 0.1) is 5.69 Å². The van der Waals surface area contributed by atoms with Crippen molar-refractivity contribution in [2.24, 2.45) is 0 Å². The average Bonchev–Trinajstić information content (AvgIpc) is 3.11. The lowest BCUT2D eigenvalue weighted by Crippen LogP contribution is -2.25. The van der Waals surface area contributed by atoms with Crippen molar-refractivity contribution < 1.29 is 4.79 Å². The molecule has 0 radical (unpaired) electrons. The molecule has 3 rings (SSSR count). The van der Waals surface area contributed by atoms with E-state index in [0.717, 1.165) is 35.1 Å². The maximum atomic E-state index is 12.3. The Balaban J connectivity index is 1.65. The maximum absolute atomic E-state index is 12.3. The molecule has 1 heterocycles. The molecular formula is C19H20Cl2N2OS. The molecule has 1 aliphatic rings. The summed E-state index contributed by atoms with van der Waals surface area (Å²) in [6.45, 7) is 3.01. The highest BCUT2D eigenvalue weighted by atomic mass is 35.5. The van der Waals surface area contributed by atoms with Gasteiger partial charge in [-0.15, -0.1) is 0 Å². The number of benzene rings is 2. The van der Waals surface area contributed by atoms with Gasteiger partial charge in [-0.2, -0.15) is 0 Å². The lowest BCUT2D eigenvalue weighted by atomic mass is 10.3. The third kappa shape index (κ3) is 5.65. The Hall–Kier alpha value is -1.20. The van der Waals surface area contributed by atoms with Crippen molar-refractivity contribution in [3.05, 3.63) is 52.5 Å². The van der Waals surface area contributed by atoms with Crippen LogP contribution in [-0.4, -0.2) is 30.4 Å². The van der Waals surface area contributed by atoms with Gasteiger partial charge in [0.25, 0.3) is 0 Å². The van der Waals surface area contributed by atoms with E-state index in [9.17, 15) is 4.79 Å². The number of amides is 1. The second kappa shape index (κ2) is 8.95. The second-order valence-electron chi connectivity index (χ2n) is 6.04. The first-order chi connectivity index (χ1) is 12.1. The molecule has 1 fully saturated rings. The summed E-state index contributed by atoms with van der Waals surface area (Å²) in [5.41, 5.74) is 0.749. The molecule has 0 unspecified atom stereocenters. The zero-order chi connectivity index (χ0) is 17.6. The number of nitrogens with zero attached hydrogens (tertiary/aromatic N) is 1. The molecule has 132 valence electrons. The summed E-state index contributed by atoms with van der Waals surface area (Å²) in [6, 6.07) is 13.2. The minimum atomic E-state index is 0.0205. The predicted molar refractivity (Wildman–Crippen MR) is 106 cm³/mol. The van der Waals surface area contributed by atoms with Crippen LogP contribution in [0.3, 0.4) is 0 Å². The summed E-state index contributed by atoms with van der Waals surface area (Å²) < 4.78 is 0. The molecule has 0 aliphatic carbocycles. The van der Waals surface area contributed by atoms with E-state index < -0.39 is 0 Å². The fraction of sp³-hybridized carbons (Fsp3) is 0.316. The van der Waals surface area contributed by atoms with Crippen LogP contribution in [-0.2, 0) is 4.79 Å². The van der Waals surface area contributed by atoms with E-state index in [0.29, 0.717) is 16.5 Å². The number of rotatable bonds is 6. The number of anilines is 1. The second-order valence-corrected chi connectivity index (χ2v) is 8.03. The van der Waals surface area contributed by atoms with Crippen molar-refractivity contribution >= 4 is 46.6 Å². The van der Waals surface area contributed by atoms with Gasteiger partial charge < -0.3 is 10.2 Å². The summed E-state index contributed by atoms with van der Waals surface area (Å²) in [4.78, 5) is 16.7. The Bertz CT molecular complexity index is 731. The monoisotopic (exact) mass is 394 g/mol. The SMILES string of the molecule is O=C(CCN1CCCC1)Nc1cc(Cl)ccc1Sc1ccc(Cl)cc1. The van der Waals surface area contributed by atoms with E-state index in [4.69, 9.17) is 23.2 Å². The summed E-state index contributed by atoms with van der Waals surface area (Å²) in [5, 5.41) is 4.32. The predicted octanol–water partition coefficient (Wildman–Crippen LogP) is 5.57. The summed E-state index contributed by atoms with van der Waals surface area (Å²) in [5.74, 6) is 0.0205. The fourth-order valence-electron chi connectivity index (χ4n) is 2.80. The van der Waals surface area contributed by atoms with Crippen LogP contribution in [0.25, 0.3) is 0 Å². The van der Waals surface area contributed by atoms with Gasteiger partial charge in [-0.3, -0.25) is 4.79 Å². The Kier molecular flexibility index (Phi) is 6.65.